The second-order valence-corrected chi connectivity index (χ2v) is 7.52. The molecule has 2 bridgehead atoms. The number of fused-ring (bicyclic) bond motifs is 4. The van der Waals surface area contributed by atoms with E-state index in [4.69, 9.17) is 5.73 Å². The van der Waals surface area contributed by atoms with Crippen LogP contribution in [0.25, 0.3) is 0 Å². The van der Waals surface area contributed by atoms with Crippen LogP contribution in [-0.2, 0) is 9.59 Å². The number of rotatable bonds is 0. The first-order valence-corrected chi connectivity index (χ1v) is 9.40. The van der Waals surface area contributed by atoms with Crippen molar-refractivity contribution in [3.05, 3.63) is 35.4 Å². The molecule has 5 nitrogen and oxygen atoms in total. The van der Waals surface area contributed by atoms with Crippen molar-refractivity contribution < 1.29 is 9.59 Å². The van der Waals surface area contributed by atoms with Crippen molar-refractivity contribution in [2.45, 2.75) is 64.1 Å². The third kappa shape index (κ3) is 3.87. The zero-order chi connectivity index (χ0) is 18.0. The van der Waals surface area contributed by atoms with Gasteiger partial charge in [0.25, 0.3) is 0 Å². The second-order valence-electron chi connectivity index (χ2n) is 7.52. The molecule has 25 heavy (non-hydrogen) atoms. The van der Waals surface area contributed by atoms with E-state index < -0.39 is 0 Å². The van der Waals surface area contributed by atoms with Gasteiger partial charge in [0.05, 0.1) is 12.1 Å². The summed E-state index contributed by atoms with van der Waals surface area (Å²) in [5, 5.41) is 3.23. The monoisotopic (exact) mass is 343 g/mol. The molecule has 0 saturated carbocycles. The van der Waals surface area contributed by atoms with Gasteiger partial charge in [-0.3, -0.25) is 9.59 Å². The number of hydrogen-bond acceptors (Lipinski definition) is 3. The van der Waals surface area contributed by atoms with Gasteiger partial charge in [0.2, 0.25) is 11.8 Å². The summed E-state index contributed by atoms with van der Waals surface area (Å²) in [6.07, 6.45) is 4.45. The Kier molecular flexibility index (Phi) is 5.42. The minimum Gasteiger partial charge on any atom is -0.351 e. The zero-order valence-corrected chi connectivity index (χ0v) is 15.2. The molecule has 2 aliphatic rings. The molecule has 2 unspecified atom stereocenters. The fourth-order valence-corrected chi connectivity index (χ4v) is 4.15. The molecule has 3 N–H and O–H groups in total. The Morgan fingerprint density at radius 2 is 1.96 bits per heavy atom. The number of carbonyl (C=O) groups excluding carboxylic acids is 2. The number of benzene rings is 1. The smallest absolute Gasteiger partial charge is 0.223 e. The van der Waals surface area contributed by atoms with E-state index in [1.165, 1.54) is 0 Å². The van der Waals surface area contributed by atoms with Crippen LogP contribution in [0.1, 0.15) is 69.2 Å². The van der Waals surface area contributed by atoms with Crippen molar-refractivity contribution in [2.75, 3.05) is 6.54 Å². The molecule has 2 amide bonds. The van der Waals surface area contributed by atoms with Gasteiger partial charge < -0.3 is 16.0 Å². The third-order valence-electron chi connectivity index (χ3n) is 5.64. The first-order chi connectivity index (χ1) is 12.0. The summed E-state index contributed by atoms with van der Waals surface area (Å²) in [7, 11) is 0. The van der Waals surface area contributed by atoms with Gasteiger partial charge in [-0.1, -0.05) is 37.6 Å². The molecule has 2 heterocycles. The molecule has 2 aliphatic heterocycles. The van der Waals surface area contributed by atoms with Crippen molar-refractivity contribution in [3.63, 3.8) is 0 Å². The highest BCUT2D eigenvalue weighted by Crippen LogP contribution is 2.34. The van der Waals surface area contributed by atoms with Crippen molar-refractivity contribution in [2.24, 2.45) is 11.7 Å². The van der Waals surface area contributed by atoms with Crippen LogP contribution in [-0.4, -0.2) is 29.3 Å². The number of nitrogens with one attached hydrogen (secondary N) is 1. The second kappa shape index (κ2) is 7.56. The maximum atomic E-state index is 12.6. The molecule has 4 atom stereocenters. The quantitative estimate of drug-likeness (QED) is 0.760. The van der Waals surface area contributed by atoms with Crippen molar-refractivity contribution in [1.82, 2.24) is 10.2 Å². The molecule has 0 aromatic heterocycles. The standard InChI is InChI=1S/C20H29N3O2/c1-13-6-3-9-17(21)15-7-4-8-16(12-15)19-18(22-20(13)25)10-5-11-23(19)14(2)24/h4,7-8,12-13,17-19H,3,5-6,9-11,21H2,1-2H3,(H,22,25)/t13-,17+,18?,19?/m1/s1. The predicted molar refractivity (Wildman–Crippen MR) is 97.7 cm³/mol. The maximum absolute atomic E-state index is 12.6. The number of amides is 2. The van der Waals surface area contributed by atoms with Crippen LogP contribution < -0.4 is 11.1 Å². The highest BCUT2D eigenvalue weighted by Gasteiger charge is 2.36. The number of piperidine rings is 1. The summed E-state index contributed by atoms with van der Waals surface area (Å²) >= 11 is 0. The summed E-state index contributed by atoms with van der Waals surface area (Å²) in [5.41, 5.74) is 8.57. The summed E-state index contributed by atoms with van der Waals surface area (Å²) < 4.78 is 0. The topological polar surface area (TPSA) is 75.4 Å². The molecule has 0 radical (unpaired) electrons. The molecule has 1 fully saturated rings. The fraction of sp³-hybridized carbons (Fsp3) is 0.600. The Balaban J connectivity index is 2.03. The van der Waals surface area contributed by atoms with Gasteiger partial charge in [0.15, 0.2) is 0 Å². The molecule has 5 heteroatoms. The Bertz CT molecular complexity index is 646. The Morgan fingerprint density at radius 1 is 1.20 bits per heavy atom. The van der Waals surface area contributed by atoms with Gasteiger partial charge >= 0.3 is 0 Å². The van der Waals surface area contributed by atoms with E-state index in [1.54, 1.807) is 6.92 Å². The molecule has 0 aliphatic carbocycles. The highest BCUT2D eigenvalue weighted by atomic mass is 16.2. The van der Waals surface area contributed by atoms with E-state index in [0.29, 0.717) is 0 Å². The number of likely N-dealkylation sites (tertiary alicyclic amines) is 1. The molecule has 1 aromatic carbocycles. The predicted octanol–water partition coefficient (Wildman–Crippen LogP) is 2.67. The summed E-state index contributed by atoms with van der Waals surface area (Å²) in [5.74, 6) is 0.114. The molecule has 1 saturated heterocycles. The lowest BCUT2D eigenvalue weighted by atomic mass is 9.87. The Morgan fingerprint density at radius 3 is 2.72 bits per heavy atom. The van der Waals surface area contributed by atoms with E-state index in [2.05, 4.69) is 23.5 Å². The first-order valence-electron chi connectivity index (χ1n) is 9.40. The lowest BCUT2D eigenvalue weighted by Gasteiger charge is -2.42. The summed E-state index contributed by atoms with van der Waals surface area (Å²) in [4.78, 5) is 26.7. The summed E-state index contributed by atoms with van der Waals surface area (Å²) in [6, 6.07) is 8.08. The number of carbonyl (C=O) groups is 2. The van der Waals surface area contributed by atoms with Crippen LogP contribution in [0.4, 0.5) is 0 Å². The van der Waals surface area contributed by atoms with E-state index in [9.17, 15) is 9.59 Å². The van der Waals surface area contributed by atoms with Crippen molar-refractivity contribution in [3.8, 4) is 0 Å². The van der Waals surface area contributed by atoms with E-state index in [-0.39, 0.29) is 35.9 Å². The van der Waals surface area contributed by atoms with Gasteiger partial charge in [-0.25, -0.2) is 0 Å². The van der Waals surface area contributed by atoms with Crippen molar-refractivity contribution in [1.29, 1.82) is 0 Å². The average Bonchev–Trinajstić information content (AvgIpc) is 2.60. The van der Waals surface area contributed by atoms with Gasteiger partial charge in [-0.05, 0) is 36.8 Å². The Hall–Kier alpha value is -1.88. The minimum atomic E-state index is -0.117. The largest absolute Gasteiger partial charge is 0.351 e. The number of hydrogen-bond donors (Lipinski definition) is 2. The summed E-state index contributed by atoms with van der Waals surface area (Å²) in [6.45, 7) is 4.32. The van der Waals surface area contributed by atoms with Crippen LogP contribution in [0.5, 0.6) is 0 Å². The molecule has 0 spiro atoms. The van der Waals surface area contributed by atoms with Gasteiger partial charge in [0.1, 0.15) is 0 Å². The number of nitrogens with zero attached hydrogens (tertiary/aromatic N) is 1. The number of nitrogens with two attached hydrogens (primary N) is 1. The van der Waals surface area contributed by atoms with E-state index >= 15 is 0 Å². The highest BCUT2D eigenvalue weighted by molar-refractivity contribution is 5.79. The average molecular weight is 343 g/mol. The SMILES string of the molecule is CC(=O)N1CCCC2NC(=O)[C@H](C)CCC[C@H](N)c3cccc(c3)C21. The molecule has 136 valence electrons. The van der Waals surface area contributed by atoms with Gasteiger partial charge in [-0.2, -0.15) is 0 Å². The zero-order valence-electron chi connectivity index (χ0n) is 15.2. The lowest BCUT2D eigenvalue weighted by molar-refractivity contribution is -0.135. The van der Waals surface area contributed by atoms with Gasteiger partial charge in [-0.15, -0.1) is 0 Å². The van der Waals surface area contributed by atoms with Gasteiger partial charge in [0, 0.05) is 25.4 Å². The lowest BCUT2D eigenvalue weighted by Crippen LogP contribution is -2.52. The van der Waals surface area contributed by atoms with Crippen LogP contribution >= 0.6 is 0 Å². The van der Waals surface area contributed by atoms with Crippen molar-refractivity contribution >= 4 is 11.8 Å². The van der Waals surface area contributed by atoms with E-state index in [0.717, 1.165) is 49.8 Å². The van der Waals surface area contributed by atoms with Crippen LogP contribution in [0.15, 0.2) is 24.3 Å². The first kappa shape index (κ1) is 17.9. The Labute approximate surface area is 150 Å². The van der Waals surface area contributed by atoms with Crippen LogP contribution in [0, 0.1) is 5.92 Å². The van der Waals surface area contributed by atoms with Crippen LogP contribution in [0.2, 0.25) is 0 Å². The van der Waals surface area contributed by atoms with Crippen LogP contribution in [0.3, 0.4) is 0 Å². The minimum absolute atomic E-state index is 0.0255. The maximum Gasteiger partial charge on any atom is 0.223 e. The normalized spacial score (nSPS) is 30.5. The molecule has 1 aromatic rings. The van der Waals surface area contributed by atoms with E-state index in [1.807, 2.05) is 17.9 Å². The third-order valence-corrected chi connectivity index (χ3v) is 5.64. The fourth-order valence-electron chi connectivity index (χ4n) is 4.15. The molecule has 3 rings (SSSR count). The molecular weight excluding hydrogens is 314 g/mol. The molecular formula is C20H29N3O2.